The fourth-order valence-corrected chi connectivity index (χ4v) is 4.19. The molecule has 0 saturated carbocycles. The second-order valence-corrected chi connectivity index (χ2v) is 7.48. The van der Waals surface area contributed by atoms with Gasteiger partial charge in [0.05, 0.1) is 13.2 Å². The van der Waals surface area contributed by atoms with Crippen LogP contribution in [0.4, 0.5) is 0 Å². The highest BCUT2D eigenvalue weighted by Crippen LogP contribution is 2.29. The molecule has 0 saturated heterocycles. The summed E-state index contributed by atoms with van der Waals surface area (Å²) in [5.41, 5.74) is 8.11. The van der Waals surface area contributed by atoms with E-state index < -0.39 is 34.6 Å². The van der Waals surface area contributed by atoms with Crippen LogP contribution in [0.25, 0.3) is 0 Å². The highest BCUT2D eigenvalue weighted by atomic mass is 33.1. The van der Waals surface area contributed by atoms with E-state index in [-0.39, 0.29) is 24.7 Å². The average molecular weight is 380 g/mol. The van der Waals surface area contributed by atoms with Gasteiger partial charge in [0.2, 0.25) is 0 Å². The summed E-state index contributed by atoms with van der Waals surface area (Å²) in [7, 11) is 2.10. The lowest BCUT2D eigenvalue weighted by Gasteiger charge is -2.25. The van der Waals surface area contributed by atoms with E-state index in [2.05, 4.69) is 0 Å². The number of ether oxygens (including phenoxy) is 2. The number of esters is 2. The molecule has 0 bridgehead atoms. The van der Waals surface area contributed by atoms with Crippen molar-refractivity contribution in [3.63, 3.8) is 0 Å². The second kappa shape index (κ2) is 10.0. The van der Waals surface area contributed by atoms with E-state index in [9.17, 15) is 19.2 Å². The van der Waals surface area contributed by atoms with Crippen LogP contribution in [0.1, 0.15) is 27.7 Å². The molecule has 0 rings (SSSR count). The van der Waals surface area contributed by atoms with E-state index in [1.807, 2.05) is 0 Å². The zero-order chi connectivity index (χ0) is 19.0. The second-order valence-electron chi connectivity index (χ2n) is 5.02. The normalized spacial score (nSPS) is 15.8. The summed E-state index contributed by atoms with van der Waals surface area (Å²) >= 11 is 0. The molecule has 2 atom stereocenters. The SMILES string of the molecule is CCOC(=O)C(N)(CSSCC(N)(C(C)=O)C(=O)OCC)C(C)=O. The first kappa shape index (κ1) is 22.9. The fourth-order valence-electron chi connectivity index (χ4n) is 1.40. The number of hydrogen-bond donors (Lipinski definition) is 2. The van der Waals surface area contributed by atoms with Gasteiger partial charge in [-0.25, -0.2) is 9.59 Å². The Hall–Kier alpha value is -1.10. The van der Waals surface area contributed by atoms with Crippen LogP contribution in [0.3, 0.4) is 0 Å². The lowest BCUT2D eigenvalue weighted by molar-refractivity contribution is -0.153. The van der Waals surface area contributed by atoms with Crippen LogP contribution in [0, 0.1) is 0 Å². The van der Waals surface area contributed by atoms with Gasteiger partial charge in [-0.1, -0.05) is 21.6 Å². The van der Waals surface area contributed by atoms with Crippen LogP contribution in [-0.4, -0.2) is 59.3 Å². The van der Waals surface area contributed by atoms with Crippen molar-refractivity contribution in [3.05, 3.63) is 0 Å². The average Bonchev–Trinajstić information content (AvgIpc) is 2.50. The van der Waals surface area contributed by atoms with Crippen molar-refractivity contribution >= 4 is 45.1 Å². The summed E-state index contributed by atoms with van der Waals surface area (Å²) in [6.07, 6.45) is 0. The minimum atomic E-state index is -1.79. The number of hydrogen-bond acceptors (Lipinski definition) is 10. The Labute approximate surface area is 149 Å². The zero-order valence-electron chi connectivity index (χ0n) is 14.2. The van der Waals surface area contributed by atoms with Crippen LogP contribution in [0.5, 0.6) is 0 Å². The van der Waals surface area contributed by atoms with Gasteiger partial charge in [-0.05, 0) is 27.7 Å². The summed E-state index contributed by atoms with van der Waals surface area (Å²) < 4.78 is 9.63. The lowest BCUT2D eigenvalue weighted by atomic mass is 9.99. The van der Waals surface area contributed by atoms with Crippen LogP contribution in [0.15, 0.2) is 0 Å². The molecular formula is C14H24N2O6S2. The Balaban J connectivity index is 4.82. The van der Waals surface area contributed by atoms with Crippen molar-refractivity contribution in [2.24, 2.45) is 11.5 Å². The van der Waals surface area contributed by atoms with Crippen molar-refractivity contribution in [1.82, 2.24) is 0 Å². The molecule has 24 heavy (non-hydrogen) atoms. The molecule has 0 aliphatic heterocycles. The third-order valence-corrected chi connectivity index (χ3v) is 5.71. The van der Waals surface area contributed by atoms with Crippen molar-refractivity contribution < 1.29 is 28.7 Å². The largest absolute Gasteiger partial charge is 0.464 e. The molecule has 0 aromatic heterocycles. The Morgan fingerprint density at radius 1 is 0.792 bits per heavy atom. The molecule has 0 spiro atoms. The fraction of sp³-hybridized carbons (Fsp3) is 0.714. The standard InChI is InChI=1S/C14H24N2O6S2/c1-5-21-11(19)13(15,9(3)17)7-23-24-8-14(16,10(4)18)12(20)22-6-2/h5-8,15-16H2,1-4H3. The van der Waals surface area contributed by atoms with Crippen molar-refractivity contribution in [1.29, 1.82) is 0 Å². The summed E-state index contributed by atoms with van der Waals surface area (Å²) in [6.45, 7) is 5.81. The molecule has 0 fully saturated rings. The number of carbonyl (C=O) groups is 4. The monoisotopic (exact) mass is 380 g/mol. The summed E-state index contributed by atoms with van der Waals surface area (Å²) in [6, 6.07) is 0. The van der Waals surface area contributed by atoms with Gasteiger partial charge >= 0.3 is 11.9 Å². The molecular weight excluding hydrogens is 356 g/mol. The molecule has 8 nitrogen and oxygen atoms in total. The van der Waals surface area contributed by atoms with Gasteiger partial charge in [-0.3, -0.25) is 9.59 Å². The minimum absolute atomic E-state index is 0.0807. The predicted molar refractivity (Wildman–Crippen MR) is 93.4 cm³/mol. The van der Waals surface area contributed by atoms with Gasteiger partial charge in [0, 0.05) is 11.5 Å². The molecule has 0 aromatic rings. The number of nitrogens with two attached hydrogens (primary N) is 2. The highest BCUT2D eigenvalue weighted by Gasteiger charge is 2.43. The van der Waals surface area contributed by atoms with E-state index >= 15 is 0 Å². The molecule has 4 N–H and O–H groups in total. The maximum atomic E-state index is 11.9. The molecule has 0 aliphatic rings. The third kappa shape index (κ3) is 5.76. The quantitative estimate of drug-likeness (QED) is 0.219. The molecule has 0 aromatic carbocycles. The van der Waals surface area contributed by atoms with Crippen LogP contribution < -0.4 is 11.5 Å². The first-order chi connectivity index (χ1) is 11.1. The Morgan fingerprint density at radius 2 is 1.08 bits per heavy atom. The van der Waals surface area contributed by atoms with Crippen molar-refractivity contribution in [2.75, 3.05) is 24.7 Å². The first-order valence-corrected chi connectivity index (χ1v) is 9.73. The summed E-state index contributed by atoms with van der Waals surface area (Å²) in [5, 5.41) is 0. The van der Waals surface area contributed by atoms with Gasteiger partial charge in [0.1, 0.15) is 0 Å². The van der Waals surface area contributed by atoms with Crippen molar-refractivity contribution in [3.8, 4) is 0 Å². The van der Waals surface area contributed by atoms with Crippen LogP contribution >= 0.6 is 21.6 Å². The summed E-state index contributed by atoms with van der Waals surface area (Å²) in [5.74, 6) is -2.87. The van der Waals surface area contributed by atoms with Gasteiger partial charge < -0.3 is 20.9 Å². The lowest BCUT2D eigenvalue weighted by Crippen LogP contribution is -2.57. The molecule has 0 aliphatic carbocycles. The summed E-state index contributed by atoms with van der Waals surface area (Å²) in [4.78, 5) is 47.1. The van der Waals surface area contributed by atoms with Gasteiger partial charge in [-0.2, -0.15) is 0 Å². The Morgan fingerprint density at radius 3 is 1.29 bits per heavy atom. The highest BCUT2D eigenvalue weighted by molar-refractivity contribution is 8.76. The maximum Gasteiger partial charge on any atom is 0.334 e. The maximum absolute atomic E-state index is 11.9. The molecule has 10 heteroatoms. The zero-order valence-corrected chi connectivity index (χ0v) is 15.9. The van der Waals surface area contributed by atoms with Crippen LogP contribution in [0.2, 0.25) is 0 Å². The molecule has 138 valence electrons. The molecule has 2 unspecified atom stereocenters. The van der Waals surface area contributed by atoms with E-state index in [0.29, 0.717) is 0 Å². The van der Waals surface area contributed by atoms with E-state index in [1.165, 1.54) is 13.8 Å². The molecule has 0 heterocycles. The molecule has 0 amide bonds. The van der Waals surface area contributed by atoms with Gasteiger partial charge in [-0.15, -0.1) is 0 Å². The smallest absolute Gasteiger partial charge is 0.334 e. The number of rotatable bonds is 11. The Kier molecular flexibility index (Phi) is 9.56. The third-order valence-electron chi connectivity index (χ3n) is 3.19. The van der Waals surface area contributed by atoms with Crippen molar-refractivity contribution in [2.45, 2.75) is 38.8 Å². The minimum Gasteiger partial charge on any atom is -0.464 e. The predicted octanol–water partition coefficient (Wildman–Crippen LogP) is 0.0670. The van der Waals surface area contributed by atoms with E-state index in [1.54, 1.807) is 13.8 Å². The van der Waals surface area contributed by atoms with Crippen LogP contribution in [-0.2, 0) is 28.7 Å². The van der Waals surface area contributed by atoms with Gasteiger partial charge in [0.25, 0.3) is 0 Å². The molecule has 0 radical (unpaired) electrons. The van der Waals surface area contributed by atoms with E-state index in [0.717, 1.165) is 21.6 Å². The Bertz CT molecular complexity index is 458. The topological polar surface area (TPSA) is 139 Å². The number of ketones is 2. The number of Topliss-reactive ketones (excluding diaryl/α,β-unsaturated/α-hetero) is 2. The first-order valence-electron chi connectivity index (χ1n) is 7.24. The van der Waals surface area contributed by atoms with E-state index in [4.69, 9.17) is 20.9 Å². The van der Waals surface area contributed by atoms with Gasteiger partial charge in [0.15, 0.2) is 22.6 Å². The number of carbonyl (C=O) groups excluding carboxylic acids is 4.